The second-order valence-electron chi connectivity index (χ2n) is 5.10. The van der Waals surface area contributed by atoms with E-state index in [0.29, 0.717) is 0 Å². The first kappa shape index (κ1) is 14.5. The lowest BCUT2D eigenvalue weighted by atomic mass is 9.90. The lowest BCUT2D eigenvalue weighted by Gasteiger charge is -2.20. The standard InChI is InChI=1S/C13H24O4/c14-9-10-7-8-12(15)11(10)5-3-1-2-4-6-13(16)17/h10-12,14-15H,1-9H2,(H,16,17). The number of hydrogen-bond donors (Lipinski definition) is 3. The van der Waals surface area contributed by atoms with Crippen LogP contribution < -0.4 is 0 Å². The Kier molecular flexibility index (Phi) is 6.52. The van der Waals surface area contributed by atoms with Crippen molar-refractivity contribution >= 4 is 5.97 Å². The highest BCUT2D eigenvalue weighted by Crippen LogP contribution is 2.35. The lowest BCUT2D eigenvalue weighted by Crippen LogP contribution is -2.21. The van der Waals surface area contributed by atoms with Crippen molar-refractivity contribution in [3.8, 4) is 0 Å². The molecule has 0 aromatic carbocycles. The van der Waals surface area contributed by atoms with Crippen molar-refractivity contribution in [3.63, 3.8) is 0 Å². The fourth-order valence-electron chi connectivity index (χ4n) is 2.79. The van der Waals surface area contributed by atoms with E-state index in [-0.39, 0.29) is 31.0 Å². The number of aliphatic hydroxyl groups is 2. The van der Waals surface area contributed by atoms with Gasteiger partial charge in [0.25, 0.3) is 0 Å². The van der Waals surface area contributed by atoms with Gasteiger partial charge in [0.15, 0.2) is 0 Å². The van der Waals surface area contributed by atoms with Gasteiger partial charge in [0.1, 0.15) is 0 Å². The quantitative estimate of drug-likeness (QED) is 0.569. The van der Waals surface area contributed by atoms with Gasteiger partial charge in [-0.3, -0.25) is 4.79 Å². The highest BCUT2D eigenvalue weighted by atomic mass is 16.4. The van der Waals surface area contributed by atoms with E-state index in [1.165, 1.54) is 0 Å². The minimum absolute atomic E-state index is 0.181. The second kappa shape index (κ2) is 7.67. The van der Waals surface area contributed by atoms with Crippen LogP contribution in [0.5, 0.6) is 0 Å². The van der Waals surface area contributed by atoms with Crippen LogP contribution in [-0.4, -0.2) is 34.0 Å². The molecule has 100 valence electrons. The summed E-state index contributed by atoms with van der Waals surface area (Å²) in [4.78, 5) is 10.3. The number of rotatable bonds is 8. The van der Waals surface area contributed by atoms with Crippen molar-refractivity contribution < 1.29 is 20.1 Å². The van der Waals surface area contributed by atoms with Gasteiger partial charge >= 0.3 is 5.97 Å². The van der Waals surface area contributed by atoms with E-state index in [2.05, 4.69) is 0 Å². The molecule has 0 radical (unpaired) electrons. The Morgan fingerprint density at radius 3 is 2.47 bits per heavy atom. The van der Waals surface area contributed by atoms with Gasteiger partial charge in [-0.15, -0.1) is 0 Å². The summed E-state index contributed by atoms with van der Waals surface area (Å²) in [5, 5.41) is 27.4. The molecule has 0 saturated heterocycles. The normalized spacial score (nSPS) is 28.5. The molecular formula is C13H24O4. The van der Waals surface area contributed by atoms with Crippen molar-refractivity contribution in [2.24, 2.45) is 11.8 Å². The Hall–Kier alpha value is -0.610. The molecule has 17 heavy (non-hydrogen) atoms. The first-order valence-corrected chi connectivity index (χ1v) is 6.66. The van der Waals surface area contributed by atoms with Crippen molar-refractivity contribution in [3.05, 3.63) is 0 Å². The van der Waals surface area contributed by atoms with E-state index in [9.17, 15) is 15.0 Å². The summed E-state index contributed by atoms with van der Waals surface area (Å²) in [5.74, 6) is -0.208. The third-order valence-electron chi connectivity index (χ3n) is 3.85. The van der Waals surface area contributed by atoms with Crippen molar-refractivity contribution in [2.45, 2.75) is 57.5 Å². The third kappa shape index (κ3) is 5.04. The number of aliphatic carboxylic acids is 1. The zero-order valence-corrected chi connectivity index (χ0v) is 10.3. The van der Waals surface area contributed by atoms with Crippen molar-refractivity contribution in [2.75, 3.05) is 6.61 Å². The smallest absolute Gasteiger partial charge is 0.303 e. The predicted octanol–water partition coefficient (Wildman–Crippen LogP) is 1.79. The van der Waals surface area contributed by atoms with Crippen LogP contribution in [0.2, 0.25) is 0 Å². The van der Waals surface area contributed by atoms with Gasteiger partial charge < -0.3 is 15.3 Å². The average Bonchev–Trinajstić information content (AvgIpc) is 2.64. The lowest BCUT2D eigenvalue weighted by molar-refractivity contribution is -0.137. The topological polar surface area (TPSA) is 77.8 Å². The molecule has 4 heteroatoms. The zero-order valence-electron chi connectivity index (χ0n) is 10.3. The molecule has 1 fully saturated rings. The van der Waals surface area contributed by atoms with Crippen LogP contribution in [0, 0.1) is 11.8 Å². The molecule has 1 saturated carbocycles. The van der Waals surface area contributed by atoms with Crippen LogP contribution in [0.3, 0.4) is 0 Å². The number of hydrogen-bond acceptors (Lipinski definition) is 3. The number of aliphatic hydroxyl groups excluding tert-OH is 2. The molecule has 3 atom stereocenters. The summed E-state index contributed by atoms with van der Waals surface area (Å²) in [6.45, 7) is 0.181. The largest absolute Gasteiger partial charge is 0.481 e. The molecule has 0 bridgehead atoms. The Balaban J connectivity index is 2.07. The van der Waals surface area contributed by atoms with Crippen LogP contribution >= 0.6 is 0 Å². The van der Waals surface area contributed by atoms with E-state index in [0.717, 1.165) is 44.9 Å². The molecule has 4 nitrogen and oxygen atoms in total. The Morgan fingerprint density at radius 2 is 1.82 bits per heavy atom. The number of carboxylic acid groups (broad SMARTS) is 1. The molecule has 3 N–H and O–H groups in total. The monoisotopic (exact) mass is 244 g/mol. The van der Waals surface area contributed by atoms with Gasteiger partial charge in [-0.25, -0.2) is 0 Å². The molecule has 1 aliphatic carbocycles. The van der Waals surface area contributed by atoms with Crippen LogP contribution in [0.1, 0.15) is 51.4 Å². The second-order valence-corrected chi connectivity index (χ2v) is 5.10. The third-order valence-corrected chi connectivity index (χ3v) is 3.85. The molecule has 0 aromatic rings. The van der Waals surface area contributed by atoms with E-state index in [1.807, 2.05) is 0 Å². The molecular weight excluding hydrogens is 220 g/mol. The molecule has 0 aliphatic heterocycles. The van der Waals surface area contributed by atoms with E-state index in [1.54, 1.807) is 0 Å². The highest BCUT2D eigenvalue weighted by Gasteiger charge is 2.33. The maximum atomic E-state index is 10.3. The van der Waals surface area contributed by atoms with Gasteiger partial charge in [0, 0.05) is 13.0 Å². The van der Waals surface area contributed by atoms with E-state index in [4.69, 9.17) is 5.11 Å². The summed E-state index contributed by atoms with van der Waals surface area (Å²) in [6, 6.07) is 0. The maximum absolute atomic E-state index is 10.3. The highest BCUT2D eigenvalue weighted by molar-refractivity contribution is 5.66. The van der Waals surface area contributed by atoms with Gasteiger partial charge in [0.05, 0.1) is 6.10 Å². The van der Waals surface area contributed by atoms with Gasteiger partial charge in [-0.1, -0.05) is 19.3 Å². The van der Waals surface area contributed by atoms with E-state index < -0.39 is 5.97 Å². The minimum atomic E-state index is -0.725. The maximum Gasteiger partial charge on any atom is 0.303 e. The Bertz CT molecular complexity index is 229. The fraction of sp³-hybridized carbons (Fsp3) is 0.923. The van der Waals surface area contributed by atoms with Gasteiger partial charge in [-0.05, 0) is 37.5 Å². The van der Waals surface area contributed by atoms with Crippen LogP contribution in [0.4, 0.5) is 0 Å². The first-order valence-electron chi connectivity index (χ1n) is 6.66. The zero-order chi connectivity index (χ0) is 12.7. The Labute approximate surface area is 103 Å². The SMILES string of the molecule is O=C(O)CCCCCCC1C(O)CCC1CO. The molecule has 1 rings (SSSR count). The molecule has 1 aliphatic rings. The number of carbonyl (C=O) groups is 1. The summed E-state index contributed by atoms with van der Waals surface area (Å²) in [7, 11) is 0. The van der Waals surface area contributed by atoms with Crippen molar-refractivity contribution in [1.29, 1.82) is 0 Å². The Morgan fingerprint density at radius 1 is 1.12 bits per heavy atom. The molecule has 0 aromatic heterocycles. The average molecular weight is 244 g/mol. The molecule has 0 amide bonds. The van der Waals surface area contributed by atoms with Crippen molar-refractivity contribution in [1.82, 2.24) is 0 Å². The summed E-state index contributed by atoms with van der Waals surface area (Å²) in [6.07, 6.45) is 6.45. The molecule has 3 unspecified atom stereocenters. The summed E-state index contributed by atoms with van der Waals surface area (Å²) in [5.41, 5.74) is 0. The minimum Gasteiger partial charge on any atom is -0.481 e. The fourth-order valence-corrected chi connectivity index (χ4v) is 2.79. The summed E-state index contributed by atoms with van der Waals surface area (Å²) >= 11 is 0. The van der Waals surface area contributed by atoms with Crippen LogP contribution in [0.25, 0.3) is 0 Å². The van der Waals surface area contributed by atoms with E-state index >= 15 is 0 Å². The molecule has 0 heterocycles. The van der Waals surface area contributed by atoms with Gasteiger partial charge in [0.2, 0.25) is 0 Å². The first-order chi connectivity index (χ1) is 8.15. The number of unbranched alkanes of at least 4 members (excludes halogenated alkanes) is 3. The van der Waals surface area contributed by atoms with Crippen LogP contribution in [0.15, 0.2) is 0 Å². The predicted molar refractivity (Wildman–Crippen MR) is 64.6 cm³/mol. The number of carboxylic acids is 1. The summed E-state index contributed by atoms with van der Waals surface area (Å²) < 4.78 is 0. The molecule has 0 spiro atoms. The van der Waals surface area contributed by atoms with Gasteiger partial charge in [-0.2, -0.15) is 0 Å². The van der Waals surface area contributed by atoms with Crippen LogP contribution in [-0.2, 0) is 4.79 Å².